The highest BCUT2D eigenvalue weighted by molar-refractivity contribution is 5.81. The Hall–Kier alpha value is -2.10. The van der Waals surface area contributed by atoms with Crippen LogP contribution in [0, 0.1) is 16.7 Å². The van der Waals surface area contributed by atoms with Gasteiger partial charge in [-0.05, 0) is 49.4 Å². The summed E-state index contributed by atoms with van der Waals surface area (Å²) >= 11 is 0. The molecule has 2 aliphatic rings. The number of carbonyl (C=O) groups excluding carboxylic acids is 2. The van der Waals surface area contributed by atoms with Gasteiger partial charge in [-0.3, -0.25) is 4.79 Å². The van der Waals surface area contributed by atoms with Gasteiger partial charge in [0.2, 0.25) is 6.10 Å². The van der Waals surface area contributed by atoms with Crippen molar-refractivity contribution in [3.05, 3.63) is 47.0 Å². The number of hydrogen-bond acceptors (Lipinski definition) is 4. The third-order valence-corrected chi connectivity index (χ3v) is 7.33. The van der Waals surface area contributed by atoms with E-state index >= 15 is 0 Å². The predicted molar refractivity (Wildman–Crippen MR) is 113 cm³/mol. The number of methoxy groups -OCH3 is 1. The van der Waals surface area contributed by atoms with E-state index in [1.54, 1.807) is 12.1 Å². The standard InChI is InChI=1S/C25H34O4/c1-17-12-13-20-24(2,3)14-9-15-25(20,4)19(17)16-21(26)29-22(23(27)28-5)18-10-7-6-8-11-18/h6-8,10-11,20,22H,9,12-16H2,1-5H3/t20?,22-,25-/m1/s1. The van der Waals surface area contributed by atoms with Crippen molar-refractivity contribution in [2.75, 3.05) is 7.11 Å². The molecule has 1 aromatic carbocycles. The molecule has 1 unspecified atom stereocenters. The SMILES string of the molecule is COC(=O)[C@H](OC(=O)CC1=C(C)CCC2C(C)(C)CCC[C@]12C)c1ccccc1. The zero-order valence-corrected chi connectivity index (χ0v) is 18.4. The van der Waals surface area contributed by atoms with E-state index in [0.29, 0.717) is 11.5 Å². The van der Waals surface area contributed by atoms with Crippen molar-refractivity contribution in [1.29, 1.82) is 0 Å². The number of ether oxygens (including phenoxy) is 2. The van der Waals surface area contributed by atoms with Gasteiger partial charge in [0.05, 0.1) is 13.5 Å². The molecule has 29 heavy (non-hydrogen) atoms. The fourth-order valence-electron chi connectivity index (χ4n) is 5.85. The zero-order chi connectivity index (χ0) is 21.2. The van der Waals surface area contributed by atoms with Gasteiger partial charge >= 0.3 is 11.9 Å². The van der Waals surface area contributed by atoms with Gasteiger partial charge < -0.3 is 9.47 Å². The molecule has 4 nitrogen and oxygen atoms in total. The minimum Gasteiger partial charge on any atom is -0.466 e. The molecule has 0 aliphatic heterocycles. The van der Waals surface area contributed by atoms with E-state index in [2.05, 4.69) is 27.7 Å². The van der Waals surface area contributed by atoms with Crippen LogP contribution >= 0.6 is 0 Å². The molecule has 0 spiro atoms. The van der Waals surface area contributed by atoms with Gasteiger partial charge in [-0.2, -0.15) is 0 Å². The van der Waals surface area contributed by atoms with Crippen molar-refractivity contribution in [2.45, 2.75) is 72.3 Å². The molecule has 1 fully saturated rings. The van der Waals surface area contributed by atoms with Crippen LogP contribution < -0.4 is 0 Å². The number of carbonyl (C=O) groups is 2. The molecular formula is C25H34O4. The Morgan fingerprint density at radius 1 is 1.14 bits per heavy atom. The van der Waals surface area contributed by atoms with E-state index in [0.717, 1.165) is 12.8 Å². The van der Waals surface area contributed by atoms with Crippen molar-refractivity contribution in [3.63, 3.8) is 0 Å². The minimum atomic E-state index is -1.02. The molecule has 0 N–H and O–H groups in total. The van der Waals surface area contributed by atoms with E-state index in [4.69, 9.17) is 9.47 Å². The molecule has 4 heteroatoms. The van der Waals surface area contributed by atoms with Gasteiger partial charge in [0, 0.05) is 5.56 Å². The van der Waals surface area contributed by atoms with Crippen LogP contribution in [0.15, 0.2) is 41.5 Å². The summed E-state index contributed by atoms with van der Waals surface area (Å²) < 4.78 is 10.6. The zero-order valence-electron chi connectivity index (χ0n) is 18.4. The Balaban J connectivity index is 1.82. The largest absolute Gasteiger partial charge is 0.466 e. The molecular weight excluding hydrogens is 364 g/mol. The van der Waals surface area contributed by atoms with Gasteiger partial charge in [-0.15, -0.1) is 0 Å². The van der Waals surface area contributed by atoms with Crippen LogP contribution in [0.25, 0.3) is 0 Å². The van der Waals surface area contributed by atoms with Crippen molar-refractivity contribution >= 4 is 11.9 Å². The molecule has 0 saturated heterocycles. The lowest BCUT2D eigenvalue weighted by molar-refractivity contribution is -0.166. The number of allylic oxidation sites excluding steroid dienone is 1. The van der Waals surface area contributed by atoms with E-state index in [9.17, 15) is 9.59 Å². The van der Waals surface area contributed by atoms with Crippen LogP contribution in [-0.4, -0.2) is 19.0 Å². The first-order valence-electron chi connectivity index (χ1n) is 10.7. The highest BCUT2D eigenvalue weighted by atomic mass is 16.6. The molecule has 3 rings (SSSR count). The van der Waals surface area contributed by atoms with E-state index in [1.807, 2.05) is 18.2 Å². The molecule has 0 heterocycles. The summed E-state index contributed by atoms with van der Waals surface area (Å²) in [6.45, 7) is 9.22. The van der Waals surface area contributed by atoms with Crippen LogP contribution in [0.1, 0.15) is 77.9 Å². The summed E-state index contributed by atoms with van der Waals surface area (Å²) in [5, 5.41) is 0. The summed E-state index contributed by atoms with van der Waals surface area (Å²) in [7, 11) is 1.32. The Labute approximate surface area is 174 Å². The van der Waals surface area contributed by atoms with E-state index < -0.39 is 12.1 Å². The molecule has 0 radical (unpaired) electrons. The van der Waals surface area contributed by atoms with Crippen molar-refractivity contribution in [2.24, 2.45) is 16.7 Å². The Kier molecular flexibility index (Phi) is 6.21. The van der Waals surface area contributed by atoms with Crippen molar-refractivity contribution < 1.29 is 19.1 Å². The average molecular weight is 399 g/mol. The Morgan fingerprint density at radius 3 is 2.48 bits per heavy atom. The lowest BCUT2D eigenvalue weighted by atomic mass is 9.50. The number of benzene rings is 1. The molecule has 0 amide bonds. The van der Waals surface area contributed by atoms with E-state index in [-0.39, 0.29) is 23.2 Å². The first kappa shape index (κ1) is 21.6. The second kappa shape index (κ2) is 8.33. The normalized spacial score (nSPS) is 27.0. The molecule has 158 valence electrons. The van der Waals surface area contributed by atoms with E-state index in [1.165, 1.54) is 37.5 Å². The topological polar surface area (TPSA) is 52.6 Å². The first-order chi connectivity index (χ1) is 13.7. The molecule has 0 bridgehead atoms. The second-order valence-corrected chi connectivity index (χ2v) is 9.59. The Morgan fingerprint density at radius 2 is 1.83 bits per heavy atom. The second-order valence-electron chi connectivity index (χ2n) is 9.59. The van der Waals surface area contributed by atoms with Crippen LogP contribution in [0.4, 0.5) is 0 Å². The molecule has 0 aromatic heterocycles. The highest BCUT2D eigenvalue weighted by Crippen LogP contribution is 2.60. The van der Waals surface area contributed by atoms with Gasteiger partial charge in [0.25, 0.3) is 0 Å². The maximum Gasteiger partial charge on any atom is 0.351 e. The monoisotopic (exact) mass is 398 g/mol. The first-order valence-corrected chi connectivity index (χ1v) is 10.7. The molecule has 2 aliphatic carbocycles. The average Bonchev–Trinajstić information content (AvgIpc) is 2.68. The van der Waals surface area contributed by atoms with Gasteiger partial charge in [-0.25, -0.2) is 4.79 Å². The quantitative estimate of drug-likeness (QED) is 0.466. The smallest absolute Gasteiger partial charge is 0.351 e. The summed E-state index contributed by atoms with van der Waals surface area (Å²) in [6, 6.07) is 9.06. The number of esters is 2. The number of rotatable bonds is 5. The third-order valence-electron chi connectivity index (χ3n) is 7.33. The number of hydrogen-bond donors (Lipinski definition) is 0. The summed E-state index contributed by atoms with van der Waals surface area (Å²) in [6.07, 6.45) is 4.97. The third kappa shape index (κ3) is 4.26. The van der Waals surface area contributed by atoms with Crippen LogP contribution in [-0.2, 0) is 19.1 Å². The van der Waals surface area contributed by atoms with Crippen LogP contribution in [0.3, 0.4) is 0 Å². The minimum absolute atomic E-state index is 0.0244. The van der Waals surface area contributed by atoms with Crippen molar-refractivity contribution in [3.8, 4) is 0 Å². The molecule has 1 aromatic rings. The predicted octanol–water partition coefficient (Wildman–Crippen LogP) is 5.78. The molecule has 3 atom stereocenters. The lowest BCUT2D eigenvalue weighted by Gasteiger charge is -2.55. The molecule has 1 saturated carbocycles. The summed E-state index contributed by atoms with van der Waals surface area (Å²) in [5.41, 5.74) is 3.47. The number of fused-ring (bicyclic) bond motifs is 1. The van der Waals surface area contributed by atoms with Gasteiger partial charge in [0.1, 0.15) is 0 Å². The van der Waals surface area contributed by atoms with Crippen molar-refractivity contribution in [1.82, 2.24) is 0 Å². The fraction of sp³-hybridized carbons (Fsp3) is 0.600. The highest BCUT2D eigenvalue weighted by Gasteiger charge is 2.50. The summed E-state index contributed by atoms with van der Waals surface area (Å²) in [5.74, 6) is -0.341. The maximum atomic E-state index is 13.0. The lowest BCUT2D eigenvalue weighted by Crippen LogP contribution is -2.46. The maximum absolute atomic E-state index is 13.0. The fourth-order valence-corrected chi connectivity index (χ4v) is 5.85. The van der Waals surface area contributed by atoms with Crippen LogP contribution in [0.5, 0.6) is 0 Å². The summed E-state index contributed by atoms with van der Waals surface area (Å²) in [4.78, 5) is 25.2. The van der Waals surface area contributed by atoms with Crippen LogP contribution in [0.2, 0.25) is 0 Å². The van der Waals surface area contributed by atoms with Gasteiger partial charge in [-0.1, -0.05) is 68.7 Å². The Bertz CT molecular complexity index is 792. The van der Waals surface area contributed by atoms with Gasteiger partial charge in [0.15, 0.2) is 0 Å².